The van der Waals surface area contributed by atoms with Crippen LogP contribution >= 0.6 is 0 Å². The van der Waals surface area contributed by atoms with E-state index in [9.17, 15) is 8.42 Å². The molecule has 1 aliphatic heterocycles. The molecule has 2 heterocycles. The molecule has 0 aliphatic carbocycles. The highest BCUT2D eigenvalue weighted by Crippen LogP contribution is 2.28. The second-order valence-electron chi connectivity index (χ2n) is 5.25. The molecule has 6 heteroatoms. The topological polar surface area (TPSA) is 62.3 Å². The van der Waals surface area contributed by atoms with Crippen molar-refractivity contribution in [3.05, 3.63) is 18.3 Å². The SMILES string of the molecule is CCNCC1CCCCN1c1ncccc1S(C)(=O)=O. The molecule has 0 radical (unpaired) electrons. The van der Waals surface area contributed by atoms with Crippen LogP contribution in [0.3, 0.4) is 0 Å². The minimum atomic E-state index is -3.25. The molecule has 112 valence electrons. The van der Waals surface area contributed by atoms with Gasteiger partial charge in [-0.25, -0.2) is 13.4 Å². The molecule has 1 aliphatic rings. The van der Waals surface area contributed by atoms with E-state index >= 15 is 0 Å². The molecule has 0 spiro atoms. The maximum atomic E-state index is 11.9. The summed E-state index contributed by atoms with van der Waals surface area (Å²) in [5, 5.41) is 3.36. The van der Waals surface area contributed by atoms with Gasteiger partial charge in [0.05, 0.1) is 0 Å². The van der Waals surface area contributed by atoms with Crippen molar-refractivity contribution < 1.29 is 8.42 Å². The fourth-order valence-corrected chi connectivity index (χ4v) is 3.52. The van der Waals surface area contributed by atoms with Crippen LogP contribution in [0.5, 0.6) is 0 Å². The van der Waals surface area contributed by atoms with Gasteiger partial charge in [0.25, 0.3) is 0 Å². The number of hydrogen-bond acceptors (Lipinski definition) is 5. The molecular weight excluding hydrogens is 274 g/mol. The zero-order chi connectivity index (χ0) is 14.6. The number of piperidine rings is 1. The molecule has 0 aromatic carbocycles. The van der Waals surface area contributed by atoms with Gasteiger partial charge >= 0.3 is 0 Å². The molecule has 1 unspecified atom stereocenters. The Labute approximate surface area is 121 Å². The summed E-state index contributed by atoms with van der Waals surface area (Å²) in [5.41, 5.74) is 0. The van der Waals surface area contributed by atoms with Crippen LogP contribution in [0.25, 0.3) is 0 Å². The second kappa shape index (κ2) is 6.54. The number of likely N-dealkylation sites (N-methyl/N-ethyl adjacent to an activating group) is 1. The van der Waals surface area contributed by atoms with E-state index in [0.717, 1.165) is 32.5 Å². The lowest BCUT2D eigenvalue weighted by Gasteiger charge is -2.37. The van der Waals surface area contributed by atoms with E-state index in [1.54, 1.807) is 18.3 Å². The summed E-state index contributed by atoms with van der Waals surface area (Å²) in [6.07, 6.45) is 6.27. The molecule has 1 aromatic heterocycles. The van der Waals surface area contributed by atoms with Crippen molar-refractivity contribution in [3.63, 3.8) is 0 Å². The van der Waals surface area contributed by atoms with E-state index in [-0.39, 0.29) is 0 Å². The highest BCUT2D eigenvalue weighted by atomic mass is 32.2. The van der Waals surface area contributed by atoms with Gasteiger partial charge < -0.3 is 10.2 Å². The summed E-state index contributed by atoms with van der Waals surface area (Å²) in [5.74, 6) is 0.609. The smallest absolute Gasteiger partial charge is 0.179 e. The van der Waals surface area contributed by atoms with Gasteiger partial charge in [0.15, 0.2) is 9.84 Å². The van der Waals surface area contributed by atoms with Crippen molar-refractivity contribution in [1.29, 1.82) is 0 Å². The molecule has 5 nitrogen and oxygen atoms in total. The molecule has 0 amide bonds. The molecule has 20 heavy (non-hydrogen) atoms. The van der Waals surface area contributed by atoms with Gasteiger partial charge in [-0.15, -0.1) is 0 Å². The summed E-state index contributed by atoms with van der Waals surface area (Å²) in [6, 6.07) is 3.65. The van der Waals surface area contributed by atoms with Crippen LogP contribution in [-0.4, -0.2) is 45.3 Å². The fourth-order valence-electron chi connectivity index (χ4n) is 2.69. The van der Waals surface area contributed by atoms with Crippen molar-refractivity contribution in [1.82, 2.24) is 10.3 Å². The Morgan fingerprint density at radius 1 is 1.45 bits per heavy atom. The Balaban J connectivity index is 2.33. The summed E-state index contributed by atoms with van der Waals surface area (Å²) in [7, 11) is -3.25. The third kappa shape index (κ3) is 3.49. The minimum absolute atomic E-state index is 0.319. The lowest BCUT2D eigenvalue weighted by atomic mass is 10.0. The van der Waals surface area contributed by atoms with Crippen molar-refractivity contribution in [3.8, 4) is 0 Å². The first-order chi connectivity index (χ1) is 9.54. The van der Waals surface area contributed by atoms with Crippen LogP contribution in [0.2, 0.25) is 0 Å². The predicted octanol–water partition coefficient (Wildman–Crippen LogP) is 1.45. The summed E-state index contributed by atoms with van der Waals surface area (Å²) in [4.78, 5) is 6.84. The monoisotopic (exact) mass is 297 g/mol. The molecule has 2 rings (SSSR count). The van der Waals surface area contributed by atoms with Gasteiger partial charge in [-0.05, 0) is 37.9 Å². The van der Waals surface area contributed by atoms with Gasteiger partial charge in [-0.1, -0.05) is 6.92 Å². The Hall–Kier alpha value is -1.14. The van der Waals surface area contributed by atoms with Gasteiger partial charge in [0, 0.05) is 31.6 Å². The van der Waals surface area contributed by atoms with Gasteiger partial charge in [-0.2, -0.15) is 0 Å². The van der Waals surface area contributed by atoms with Gasteiger partial charge in [0.1, 0.15) is 10.7 Å². The number of nitrogens with zero attached hydrogens (tertiary/aromatic N) is 2. The molecule has 1 aromatic rings. The number of hydrogen-bond donors (Lipinski definition) is 1. The number of rotatable bonds is 5. The normalized spacial score (nSPS) is 20.1. The van der Waals surface area contributed by atoms with E-state index in [1.165, 1.54) is 12.7 Å². The molecule has 1 fully saturated rings. The fraction of sp³-hybridized carbons (Fsp3) is 0.643. The Morgan fingerprint density at radius 2 is 2.25 bits per heavy atom. The Kier molecular flexibility index (Phi) is 4.99. The second-order valence-corrected chi connectivity index (χ2v) is 7.23. The van der Waals surface area contributed by atoms with E-state index < -0.39 is 9.84 Å². The standard InChI is InChI=1S/C14H23N3O2S/c1-3-15-11-12-7-4-5-10-17(12)14-13(20(2,18)19)8-6-9-16-14/h6,8-9,12,15H,3-5,7,10-11H2,1-2H3. The van der Waals surface area contributed by atoms with Crippen LogP contribution in [0.1, 0.15) is 26.2 Å². The summed E-state index contributed by atoms with van der Waals surface area (Å²) in [6.45, 7) is 4.74. The van der Waals surface area contributed by atoms with Crippen LogP contribution in [0.15, 0.2) is 23.2 Å². The Morgan fingerprint density at radius 3 is 2.95 bits per heavy atom. The zero-order valence-corrected chi connectivity index (χ0v) is 13.0. The van der Waals surface area contributed by atoms with Gasteiger partial charge in [0.2, 0.25) is 0 Å². The number of aromatic nitrogens is 1. The van der Waals surface area contributed by atoms with Crippen LogP contribution in [0.4, 0.5) is 5.82 Å². The van der Waals surface area contributed by atoms with Crippen molar-refractivity contribution >= 4 is 15.7 Å². The lowest BCUT2D eigenvalue weighted by molar-refractivity contribution is 0.434. The van der Waals surface area contributed by atoms with E-state index in [2.05, 4.69) is 22.1 Å². The molecular formula is C14H23N3O2S. The zero-order valence-electron chi connectivity index (χ0n) is 12.2. The third-order valence-corrected chi connectivity index (χ3v) is 4.80. The number of anilines is 1. The predicted molar refractivity (Wildman–Crippen MR) is 80.9 cm³/mol. The van der Waals surface area contributed by atoms with E-state index in [0.29, 0.717) is 16.8 Å². The largest absolute Gasteiger partial charge is 0.351 e. The van der Waals surface area contributed by atoms with Gasteiger partial charge in [-0.3, -0.25) is 0 Å². The molecule has 0 saturated carbocycles. The van der Waals surface area contributed by atoms with E-state index in [4.69, 9.17) is 0 Å². The number of pyridine rings is 1. The highest BCUT2D eigenvalue weighted by molar-refractivity contribution is 7.90. The molecule has 1 N–H and O–H groups in total. The minimum Gasteiger partial charge on any atom is -0.351 e. The molecule has 1 atom stereocenters. The average Bonchev–Trinajstić information content (AvgIpc) is 2.44. The highest BCUT2D eigenvalue weighted by Gasteiger charge is 2.27. The summed E-state index contributed by atoms with van der Waals surface area (Å²) < 4.78 is 23.9. The Bertz CT molecular complexity index is 545. The lowest BCUT2D eigenvalue weighted by Crippen LogP contribution is -2.46. The quantitative estimate of drug-likeness (QED) is 0.891. The van der Waals surface area contributed by atoms with Crippen molar-refractivity contribution in [2.75, 3.05) is 30.8 Å². The first-order valence-electron chi connectivity index (χ1n) is 7.16. The first kappa shape index (κ1) is 15.3. The van der Waals surface area contributed by atoms with E-state index in [1.807, 2.05) is 0 Å². The first-order valence-corrected chi connectivity index (χ1v) is 9.05. The van der Waals surface area contributed by atoms with Crippen LogP contribution in [0, 0.1) is 0 Å². The maximum Gasteiger partial charge on any atom is 0.179 e. The third-order valence-electron chi connectivity index (χ3n) is 3.68. The van der Waals surface area contributed by atoms with Crippen molar-refractivity contribution in [2.24, 2.45) is 0 Å². The molecule has 1 saturated heterocycles. The van der Waals surface area contributed by atoms with Crippen LogP contribution in [-0.2, 0) is 9.84 Å². The molecule has 0 bridgehead atoms. The van der Waals surface area contributed by atoms with Crippen molar-refractivity contribution in [2.45, 2.75) is 37.1 Å². The number of sulfone groups is 1. The van der Waals surface area contributed by atoms with Crippen LogP contribution < -0.4 is 10.2 Å². The number of nitrogens with one attached hydrogen (secondary N) is 1. The maximum absolute atomic E-state index is 11.9. The average molecular weight is 297 g/mol. The summed E-state index contributed by atoms with van der Waals surface area (Å²) >= 11 is 0.